The number of hydrogen-bond acceptors (Lipinski definition) is 4. The third-order valence-corrected chi connectivity index (χ3v) is 6.72. The van der Waals surface area contributed by atoms with Gasteiger partial charge < -0.3 is 9.80 Å². The van der Waals surface area contributed by atoms with E-state index in [-0.39, 0.29) is 11.9 Å². The number of hydrogen-bond donors (Lipinski definition) is 0. The highest BCUT2D eigenvalue weighted by Crippen LogP contribution is 2.33. The predicted molar refractivity (Wildman–Crippen MR) is 123 cm³/mol. The van der Waals surface area contributed by atoms with Crippen molar-refractivity contribution < 1.29 is 4.79 Å². The highest BCUT2D eigenvalue weighted by Gasteiger charge is 2.31. The molecule has 1 aromatic carbocycles. The summed E-state index contributed by atoms with van der Waals surface area (Å²) in [7, 11) is 0. The average molecular weight is 418 g/mol. The number of nitrogens with zero attached hydrogens (tertiary/aromatic N) is 5. The summed E-state index contributed by atoms with van der Waals surface area (Å²) in [5.74, 6) is 1.88. The molecule has 2 aromatic heterocycles. The second-order valence-corrected chi connectivity index (χ2v) is 9.34. The molecule has 3 aromatic rings. The van der Waals surface area contributed by atoms with Gasteiger partial charge in [0.2, 0.25) is 0 Å². The van der Waals surface area contributed by atoms with E-state index in [2.05, 4.69) is 31.0 Å². The molecule has 6 heteroatoms. The van der Waals surface area contributed by atoms with Crippen molar-refractivity contribution in [1.29, 1.82) is 0 Å². The van der Waals surface area contributed by atoms with Crippen molar-refractivity contribution in [2.45, 2.75) is 52.5 Å². The maximum atomic E-state index is 13.3. The van der Waals surface area contributed by atoms with Crippen molar-refractivity contribution in [2.75, 3.05) is 24.5 Å². The van der Waals surface area contributed by atoms with Crippen LogP contribution in [-0.4, -0.2) is 45.0 Å². The molecule has 31 heavy (non-hydrogen) atoms. The lowest BCUT2D eigenvalue weighted by Gasteiger charge is -2.34. The lowest BCUT2D eigenvalue weighted by atomic mass is 9.98. The Labute approximate surface area is 183 Å². The number of rotatable bonds is 3. The Morgan fingerprint density at radius 1 is 1.10 bits per heavy atom. The Balaban J connectivity index is 1.47. The third kappa shape index (κ3) is 3.80. The summed E-state index contributed by atoms with van der Waals surface area (Å²) in [6, 6.07) is 9.96. The third-order valence-electron chi connectivity index (χ3n) is 6.72. The van der Waals surface area contributed by atoms with Crippen LogP contribution in [0.2, 0.25) is 0 Å². The number of anilines is 1. The molecule has 0 N–H and O–H groups in total. The lowest BCUT2D eigenvalue weighted by Crippen LogP contribution is -2.38. The van der Waals surface area contributed by atoms with Gasteiger partial charge in [-0.1, -0.05) is 24.6 Å². The van der Waals surface area contributed by atoms with Crippen molar-refractivity contribution in [1.82, 2.24) is 19.5 Å². The molecule has 2 aliphatic heterocycles. The highest BCUT2D eigenvalue weighted by atomic mass is 16.2. The van der Waals surface area contributed by atoms with E-state index < -0.39 is 0 Å². The number of carbonyl (C=O) groups excluding carboxylic acids is 1. The van der Waals surface area contributed by atoms with Gasteiger partial charge in [0, 0.05) is 43.0 Å². The van der Waals surface area contributed by atoms with Crippen molar-refractivity contribution >= 4 is 17.4 Å². The van der Waals surface area contributed by atoms with Gasteiger partial charge in [-0.05, 0) is 57.6 Å². The number of piperidine rings is 1. The molecule has 6 nitrogen and oxygen atoms in total. The van der Waals surface area contributed by atoms with Gasteiger partial charge in [0.15, 0.2) is 5.65 Å². The van der Waals surface area contributed by atoms with Crippen LogP contribution in [0.1, 0.15) is 65.8 Å². The maximum absolute atomic E-state index is 13.3. The summed E-state index contributed by atoms with van der Waals surface area (Å²) in [6.07, 6.45) is 6.39. The van der Waals surface area contributed by atoms with Crippen LogP contribution >= 0.6 is 0 Å². The van der Waals surface area contributed by atoms with Crippen LogP contribution in [0.5, 0.6) is 0 Å². The van der Waals surface area contributed by atoms with Crippen LogP contribution in [-0.2, 0) is 0 Å². The first-order chi connectivity index (χ1) is 15.0. The van der Waals surface area contributed by atoms with Gasteiger partial charge in [-0.15, -0.1) is 0 Å². The zero-order chi connectivity index (χ0) is 21.5. The number of aryl methyl sites for hydroxylation is 2. The van der Waals surface area contributed by atoms with E-state index in [1.165, 1.54) is 6.42 Å². The van der Waals surface area contributed by atoms with Crippen LogP contribution in [0.4, 0.5) is 5.82 Å². The number of carbonyl (C=O) groups is 1. The molecule has 0 bridgehead atoms. The van der Waals surface area contributed by atoms with E-state index in [0.717, 1.165) is 72.7 Å². The SMILES string of the molecule is Cc1cccc(C(=O)N2CCCC[C@H]2c2cc3nc(N4CC[C@H](C)C4)c(C)cn3n2)c1. The molecule has 0 spiro atoms. The van der Waals surface area contributed by atoms with Gasteiger partial charge >= 0.3 is 0 Å². The lowest BCUT2D eigenvalue weighted by molar-refractivity contribution is 0.0605. The average Bonchev–Trinajstić information content (AvgIpc) is 3.38. The first-order valence-electron chi connectivity index (χ1n) is 11.5. The quantitative estimate of drug-likeness (QED) is 0.627. The zero-order valence-electron chi connectivity index (χ0n) is 18.7. The van der Waals surface area contributed by atoms with Gasteiger partial charge in [-0.25, -0.2) is 9.50 Å². The fraction of sp³-hybridized carbons (Fsp3) is 0.480. The van der Waals surface area contributed by atoms with Gasteiger partial charge in [0.05, 0.1) is 11.7 Å². The fourth-order valence-corrected chi connectivity index (χ4v) is 5.06. The molecular weight excluding hydrogens is 386 g/mol. The van der Waals surface area contributed by atoms with E-state index >= 15 is 0 Å². The van der Waals surface area contributed by atoms with Crippen molar-refractivity contribution in [3.63, 3.8) is 0 Å². The first kappa shape index (κ1) is 20.0. The van der Waals surface area contributed by atoms with E-state index in [9.17, 15) is 4.79 Å². The van der Waals surface area contributed by atoms with E-state index in [1.807, 2.05) is 40.6 Å². The topological polar surface area (TPSA) is 53.7 Å². The molecule has 0 aliphatic carbocycles. The molecule has 0 unspecified atom stereocenters. The monoisotopic (exact) mass is 417 g/mol. The Hall–Kier alpha value is -2.89. The number of fused-ring (bicyclic) bond motifs is 1. The summed E-state index contributed by atoms with van der Waals surface area (Å²) in [5.41, 5.74) is 4.82. The summed E-state index contributed by atoms with van der Waals surface area (Å²) in [6.45, 7) is 9.34. The van der Waals surface area contributed by atoms with Crippen LogP contribution in [0, 0.1) is 19.8 Å². The molecule has 4 heterocycles. The summed E-state index contributed by atoms with van der Waals surface area (Å²) in [4.78, 5) is 22.7. The molecule has 0 saturated carbocycles. The molecule has 2 fully saturated rings. The molecule has 162 valence electrons. The van der Waals surface area contributed by atoms with Gasteiger partial charge in [-0.2, -0.15) is 5.10 Å². The Bertz CT molecular complexity index is 1120. The minimum Gasteiger partial charge on any atom is -0.356 e. The van der Waals surface area contributed by atoms with Crippen LogP contribution < -0.4 is 4.90 Å². The van der Waals surface area contributed by atoms with E-state index in [0.29, 0.717) is 5.92 Å². The number of aromatic nitrogens is 3. The molecule has 2 saturated heterocycles. The predicted octanol–water partition coefficient (Wildman–Crippen LogP) is 4.56. The van der Waals surface area contributed by atoms with Crippen LogP contribution in [0.25, 0.3) is 5.65 Å². The van der Waals surface area contributed by atoms with Crippen molar-refractivity contribution in [3.05, 3.63) is 58.9 Å². The van der Waals surface area contributed by atoms with Gasteiger partial charge in [-0.3, -0.25) is 4.79 Å². The standard InChI is InChI=1S/C25H31N5O/c1-17-7-6-8-20(13-17)25(31)29-11-5-4-9-22(29)21-14-23-26-24(19(3)16-30(23)27-21)28-12-10-18(2)15-28/h6-8,13-14,16,18,22H,4-5,9-12,15H2,1-3H3/t18-,22-/m0/s1. The molecular formula is C25H31N5O. The molecule has 5 rings (SSSR count). The molecule has 1 amide bonds. The number of amides is 1. The normalized spacial score (nSPS) is 21.8. The van der Waals surface area contributed by atoms with Crippen LogP contribution in [0.3, 0.4) is 0 Å². The summed E-state index contributed by atoms with van der Waals surface area (Å²) in [5, 5.41) is 4.87. The number of benzene rings is 1. The van der Waals surface area contributed by atoms with Crippen molar-refractivity contribution in [2.24, 2.45) is 5.92 Å². The van der Waals surface area contributed by atoms with E-state index in [4.69, 9.17) is 10.1 Å². The molecule has 2 atom stereocenters. The highest BCUT2D eigenvalue weighted by molar-refractivity contribution is 5.94. The Morgan fingerprint density at radius 3 is 2.74 bits per heavy atom. The Morgan fingerprint density at radius 2 is 1.97 bits per heavy atom. The van der Waals surface area contributed by atoms with Gasteiger partial charge in [0.25, 0.3) is 5.91 Å². The summed E-state index contributed by atoms with van der Waals surface area (Å²) < 4.78 is 1.89. The Kier molecular flexibility index (Phi) is 5.16. The molecule has 2 aliphatic rings. The fourth-order valence-electron chi connectivity index (χ4n) is 5.06. The number of likely N-dealkylation sites (tertiary alicyclic amines) is 1. The van der Waals surface area contributed by atoms with Gasteiger partial charge in [0.1, 0.15) is 5.82 Å². The minimum atomic E-state index is -0.000901. The van der Waals surface area contributed by atoms with Crippen molar-refractivity contribution in [3.8, 4) is 0 Å². The second-order valence-electron chi connectivity index (χ2n) is 9.34. The molecule has 0 radical (unpaired) electrons. The second kappa shape index (κ2) is 7.98. The maximum Gasteiger partial charge on any atom is 0.254 e. The smallest absolute Gasteiger partial charge is 0.254 e. The van der Waals surface area contributed by atoms with E-state index in [1.54, 1.807) is 0 Å². The first-order valence-corrected chi connectivity index (χ1v) is 11.5. The van der Waals surface area contributed by atoms with Crippen LogP contribution in [0.15, 0.2) is 36.5 Å². The summed E-state index contributed by atoms with van der Waals surface area (Å²) >= 11 is 0. The largest absolute Gasteiger partial charge is 0.356 e. The minimum absolute atomic E-state index is 0.000901. The zero-order valence-corrected chi connectivity index (χ0v) is 18.7.